The van der Waals surface area contributed by atoms with E-state index in [9.17, 15) is 4.39 Å². The monoisotopic (exact) mass is 271 g/mol. The molecule has 2 aromatic rings. The molecule has 0 aliphatic rings. The van der Waals surface area contributed by atoms with Crippen molar-refractivity contribution < 1.29 is 9.50 Å². The van der Waals surface area contributed by atoms with E-state index in [0.29, 0.717) is 18.9 Å². The zero-order valence-corrected chi connectivity index (χ0v) is 10.5. The van der Waals surface area contributed by atoms with Crippen LogP contribution in [0.2, 0.25) is 0 Å². The molecule has 18 heavy (non-hydrogen) atoms. The second-order valence-electron chi connectivity index (χ2n) is 3.67. The minimum atomic E-state index is -0.241. The molecule has 1 aromatic heterocycles. The van der Waals surface area contributed by atoms with E-state index in [4.69, 9.17) is 5.11 Å². The zero-order chi connectivity index (χ0) is 12.1. The summed E-state index contributed by atoms with van der Waals surface area (Å²) >= 11 is 0. The summed E-state index contributed by atoms with van der Waals surface area (Å²) in [7, 11) is 0. The minimum absolute atomic E-state index is 0. The third kappa shape index (κ3) is 4.01. The van der Waals surface area contributed by atoms with Crippen molar-refractivity contribution in [3.63, 3.8) is 0 Å². The van der Waals surface area contributed by atoms with Crippen LogP contribution in [0.1, 0.15) is 5.56 Å². The number of halogens is 2. The second kappa shape index (κ2) is 6.98. The Hall–Kier alpha value is -1.59. The molecule has 6 heteroatoms. The lowest BCUT2D eigenvalue weighted by Crippen LogP contribution is -2.04. The van der Waals surface area contributed by atoms with Crippen LogP contribution in [0.25, 0.3) is 0 Å². The van der Waals surface area contributed by atoms with Crippen LogP contribution in [-0.2, 0) is 13.1 Å². The molecule has 0 fully saturated rings. The molecular weight excluding hydrogens is 257 g/mol. The Balaban J connectivity index is 0.00000162. The lowest BCUT2D eigenvalue weighted by Gasteiger charge is -2.03. The van der Waals surface area contributed by atoms with Gasteiger partial charge in [0.05, 0.1) is 13.2 Å². The summed E-state index contributed by atoms with van der Waals surface area (Å²) in [6.45, 7) is 1.06. The molecule has 0 bridgehead atoms. The summed E-state index contributed by atoms with van der Waals surface area (Å²) in [5.41, 5.74) is 0.863. The Bertz CT molecular complexity index is 490. The first-order valence-electron chi connectivity index (χ1n) is 5.40. The van der Waals surface area contributed by atoms with Crippen molar-refractivity contribution in [1.29, 1.82) is 0 Å². The average Bonchev–Trinajstić information content (AvgIpc) is 2.75. The summed E-state index contributed by atoms with van der Waals surface area (Å²) in [5.74, 6) is 0.470. The van der Waals surface area contributed by atoms with Gasteiger partial charge >= 0.3 is 0 Å². The van der Waals surface area contributed by atoms with E-state index in [1.54, 1.807) is 16.9 Å². The molecule has 0 unspecified atom stereocenters. The van der Waals surface area contributed by atoms with Crippen molar-refractivity contribution in [1.82, 2.24) is 9.78 Å². The number of aromatic nitrogens is 2. The van der Waals surface area contributed by atoms with Gasteiger partial charge in [-0.2, -0.15) is 5.10 Å². The van der Waals surface area contributed by atoms with E-state index < -0.39 is 0 Å². The molecule has 0 aliphatic carbocycles. The fourth-order valence-electron chi connectivity index (χ4n) is 1.52. The average molecular weight is 272 g/mol. The number of hydrogen-bond donors (Lipinski definition) is 2. The smallest absolute Gasteiger partial charge is 0.148 e. The van der Waals surface area contributed by atoms with Crippen molar-refractivity contribution in [2.45, 2.75) is 13.1 Å². The second-order valence-corrected chi connectivity index (χ2v) is 3.67. The Kier molecular flexibility index (Phi) is 5.61. The molecule has 0 radical (unpaired) electrons. The van der Waals surface area contributed by atoms with Crippen molar-refractivity contribution in [2.24, 2.45) is 0 Å². The van der Waals surface area contributed by atoms with Gasteiger partial charge in [-0.05, 0) is 17.7 Å². The number of nitrogens with one attached hydrogen (secondary N) is 1. The number of aliphatic hydroxyl groups excluding tert-OH is 1. The van der Waals surface area contributed by atoms with Gasteiger partial charge in [-0.1, -0.05) is 12.1 Å². The van der Waals surface area contributed by atoms with Gasteiger partial charge in [0.15, 0.2) is 0 Å². The van der Waals surface area contributed by atoms with Gasteiger partial charge in [0, 0.05) is 18.8 Å². The van der Waals surface area contributed by atoms with E-state index in [1.165, 1.54) is 12.1 Å². The fourth-order valence-corrected chi connectivity index (χ4v) is 1.52. The number of rotatable bonds is 5. The summed E-state index contributed by atoms with van der Waals surface area (Å²) in [4.78, 5) is 0. The van der Waals surface area contributed by atoms with Crippen molar-refractivity contribution in [3.05, 3.63) is 47.9 Å². The standard InChI is InChI=1S/C12H14FN3O.ClH/c13-11-3-1-2-10(8-11)9-14-12-4-5-16(15-12)6-7-17;/h1-5,8,17H,6-7,9H2,(H,14,15);1H. The molecule has 1 aromatic carbocycles. The van der Waals surface area contributed by atoms with E-state index in [2.05, 4.69) is 10.4 Å². The molecule has 0 saturated heterocycles. The van der Waals surface area contributed by atoms with E-state index >= 15 is 0 Å². The molecule has 0 amide bonds. The van der Waals surface area contributed by atoms with Gasteiger partial charge in [-0.15, -0.1) is 12.4 Å². The lowest BCUT2D eigenvalue weighted by atomic mass is 10.2. The first-order valence-corrected chi connectivity index (χ1v) is 5.40. The Morgan fingerprint density at radius 2 is 2.17 bits per heavy atom. The minimum Gasteiger partial charge on any atom is -0.394 e. The quantitative estimate of drug-likeness (QED) is 0.875. The molecule has 0 spiro atoms. The van der Waals surface area contributed by atoms with E-state index in [-0.39, 0.29) is 24.8 Å². The molecule has 0 atom stereocenters. The summed E-state index contributed by atoms with van der Waals surface area (Å²) in [5, 5.41) is 16.0. The number of hydrogen-bond acceptors (Lipinski definition) is 3. The molecule has 1 heterocycles. The van der Waals surface area contributed by atoms with Crippen LogP contribution in [0.4, 0.5) is 10.2 Å². The van der Waals surface area contributed by atoms with Crippen LogP contribution >= 0.6 is 12.4 Å². The first kappa shape index (κ1) is 14.5. The van der Waals surface area contributed by atoms with Crippen LogP contribution in [0, 0.1) is 5.82 Å². The largest absolute Gasteiger partial charge is 0.394 e. The van der Waals surface area contributed by atoms with Crippen LogP contribution < -0.4 is 5.32 Å². The zero-order valence-electron chi connectivity index (χ0n) is 9.71. The summed E-state index contributed by atoms with van der Waals surface area (Å²) in [6.07, 6.45) is 1.78. The van der Waals surface area contributed by atoms with Crippen LogP contribution in [0.3, 0.4) is 0 Å². The van der Waals surface area contributed by atoms with Crippen LogP contribution in [-0.4, -0.2) is 21.5 Å². The highest BCUT2D eigenvalue weighted by Gasteiger charge is 1.99. The highest BCUT2D eigenvalue weighted by atomic mass is 35.5. The summed E-state index contributed by atoms with van der Waals surface area (Å²) in [6, 6.07) is 8.24. The third-order valence-electron chi connectivity index (χ3n) is 2.33. The fraction of sp³-hybridized carbons (Fsp3) is 0.250. The van der Waals surface area contributed by atoms with Gasteiger partial charge in [0.1, 0.15) is 11.6 Å². The maximum Gasteiger partial charge on any atom is 0.148 e. The Morgan fingerprint density at radius 3 is 2.89 bits per heavy atom. The number of benzene rings is 1. The maximum atomic E-state index is 12.9. The Morgan fingerprint density at radius 1 is 1.33 bits per heavy atom. The molecule has 98 valence electrons. The highest BCUT2D eigenvalue weighted by molar-refractivity contribution is 5.85. The molecule has 4 nitrogen and oxygen atoms in total. The molecule has 0 aliphatic heterocycles. The van der Waals surface area contributed by atoms with Crippen molar-refractivity contribution in [3.8, 4) is 0 Å². The predicted octanol–water partition coefficient (Wildman–Crippen LogP) is 2.05. The number of anilines is 1. The van der Waals surface area contributed by atoms with Gasteiger partial charge in [0.2, 0.25) is 0 Å². The molecular formula is C12H15ClFN3O. The predicted molar refractivity (Wildman–Crippen MR) is 70.3 cm³/mol. The number of aliphatic hydroxyl groups is 1. The van der Waals surface area contributed by atoms with Crippen molar-refractivity contribution >= 4 is 18.2 Å². The molecule has 2 N–H and O–H groups in total. The lowest BCUT2D eigenvalue weighted by molar-refractivity contribution is 0.269. The first-order chi connectivity index (χ1) is 8.28. The van der Waals surface area contributed by atoms with Gasteiger partial charge in [0.25, 0.3) is 0 Å². The van der Waals surface area contributed by atoms with Gasteiger partial charge < -0.3 is 10.4 Å². The molecule has 2 rings (SSSR count). The van der Waals surface area contributed by atoms with E-state index in [1.807, 2.05) is 12.1 Å². The third-order valence-corrected chi connectivity index (χ3v) is 2.33. The highest BCUT2D eigenvalue weighted by Crippen LogP contribution is 2.07. The topological polar surface area (TPSA) is 50.1 Å². The number of nitrogens with zero attached hydrogens (tertiary/aromatic N) is 2. The SMILES string of the molecule is Cl.OCCn1ccc(NCc2cccc(F)c2)n1. The van der Waals surface area contributed by atoms with Gasteiger partial charge in [-0.25, -0.2) is 4.39 Å². The normalized spacial score (nSPS) is 9.89. The van der Waals surface area contributed by atoms with Crippen molar-refractivity contribution in [2.75, 3.05) is 11.9 Å². The van der Waals surface area contributed by atoms with Crippen LogP contribution in [0.5, 0.6) is 0 Å². The molecule has 0 saturated carbocycles. The van der Waals surface area contributed by atoms with E-state index in [0.717, 1.165) is 5.56 Å². The van der Waals surface area contributed by atoms with Gasteiger partial charge in [-0.3, -0.25) is 4.68 Å². The summed E-state index contributed by atoms with van der Waals surface area (Å²) < 4.78 is 14.6. The Labute approximate surface area is 111 Å². The van der Waals surface area contributed by atoms with Crippen LogP contribution in [0.15, 0.2) is 36.5 Å². The maximum absolute atomic E-state index is 12.9.